The zero-order chi connectivity index (χ0) is 16.4. The average Bonchev–Trinajstić information content (AvgIpc) is 2.49. The van der Waals surface area contributed by atoms with Crippen molar-refractivity contribution < 1.29 is 0 Å². The lowest BCUT2D eigenvalue weighted by atomic mass is 10.1. The molecule has 0 aliphatic carbocycles. The first-order chi connectivity index (χ1) is 10.6. The minimum absolute atomic E-state index is 0.115. The largest absolute Gasteiger partial charge is 0.375 e. The van der Waals surface area contributed by atoms with Crippen molar-refractivity contribution in [3.05, 3.63) is 29.3 Å². The number of rotatable bonds is 7. The number of hydrogen-bond acceptors (Lipinski definition) is 5. The zero-order valence-electron chi connectivity index (χ0n) is 12.4. The molecule has 0 aliphatic rings. The fourth-order valence-electron chi connectivity index (χ4n) is 1.91. The van der Waals surface area contributed by atoms with Gasteiger partial charge in [-0.15, -0.1) is 0 Å². The van der Waals surface area contributed by atoms with E-state index in [1.54, 1.807) is 6.21 Å². The van der Waals surface area contributed by atoms with Gasteiger partial charge in [-0.2, -0.15) is 15.6 Å². The maximum absolute atomic E-state index is 8.74. The smallest absolute Gasteiger partial charge is 0.184 e. The number of hydrazone groups is 1. The molecule has 0 radical (unpaired) electrons. The molecule has 7 heteroatoms. The first-order valence-electron chi connectivity index (χ1n) is 6.76. The molecule has 1 aromatic rings. The SMILES string of the molecule is Cc1cc(N(CCC#N)CCC#N)ccc1/C=N\NC(N)=S. The Bertz CT molecular complexity index is 608. The fourth-order valence-corrected chi connectivity index (χ4v) is 1.96. The van der Waals surface area contributed by atoms with Gasteiger partial charge in [0.25, 0.3) is 0 Å². The van der Waals surface area contributed by atoms with Gasteiger partial charge in [-0.05, 0) is 42.4 Å². The number of nitrogens with zero attached hydrogens (tertiary/aromatic N) is 4. The zero-order valence-corrected chi connectivity index (χ0v) is 13.2. The van der Waals surface area contributed by atoms with Crippen LogP contribution in [0.25, 0.3) is 0 Å². The number of nitrogens with one attached hydrogen (secondary N) is 1. The van der Waals surface area contributed by atoms with E-state index in [1.165, 1.54) is 0 Å². The third kappa shape index (κ3) is 5.78. The van der Waals surface area contributed by atoms with Gasteiger partial charge in [-0.25, -0.2) is 0 Å². The van der Waals surface area contributed by atoms with E-state index in [9.17, 15) is 0 Å². The van der Waals surface area contributed by atoms with Crippen LogP contribution in [0.1, 0.15) is 24.0 Å². The third-order valence-electron chi connectivity index (χ3n) is 2.98. The van der Waals surface area contributed by atoms with Crippen LogP contribution in [-0.4, -0.2) is 24.4 Å². The van der Waals surface area contributed by atoms with Crippen molar-refractivity contribution in [3.63, 3.8) is 0 Å². The van der Waals surface area contributed by atoms with Crippen LogP contribution in [0, 0.1) is 29.6 Å². The Hall–Kier alpha value is -2.64. The first-order valence-corrected chi connectivity index (χ1v) is 7.17. The Labute approximate surface area is 135 Å². The number of aryl methyl sites for hydroxylation is 1. The summed E-state index contributed by atoms with van der Waals surface area (Å²) in [4.78, 5) is 2.04. The first kappa shape index (κ1) is 17.4. The van der Waals surface area contributed by atoms with E-state index in [4.69, 9.17) is 16.3 Å². The second-order valence-corrected chi connectivity index (χ2v) is 5.02. The number of nitrogens with two attached hydrogens (primary N) is 1. The van der Waals surface area contributed by atoms with Gasteiger partial charge < -0.3 is 10.6 Å². The number of nitriles is 2. The number of benzene rings is 1. The molecule has 0 heterocycles. The van der Waals surface area contributed by atoms with Crippen molar-refractivity contribution in [2.45, 2.75) is 19.8 Å². The van der Waals surface area contributed by atoms with Gasteiger partial charge in [0, 0.05) is 18.8 Å². The van der Waals surface area contributed by atoms with E-state index in [1.807, 2.05) is 30.0 Å². The van der Waals surface area contributed by atoms with Gasteiger partial charge in [0.2, 0.25) is 0 Å². The van der Waals surface area contributed by atoms with Gasteiger partial charge in [-0.3, -0.25) is 5.43 Å². The Balaban J connectivity index is 2.88. The van der Waals surface area contributed by atoms with Crippen LogP contribution in [0.15, 0.2) is 23.3 Å². The molecule has 0 spiro atoms. The van der Waals surface area contributed by atoms with Crippen LogP contribution in [0.3, 0.4) is 0 Å². The van der Waals surface area contributed by atoms with Crippen LogP contribution in [0.2, 0.25) is 0 Å². The molecule has 0 fully saturated rings. The van der Waals surface area contributed by atoms with E-state index >= 15 is 0 Å². The summed E-state index contributed by atoms with van der Waals surface area (Å²) < 4.78 is 0. The second-order valence-electron chi connectivity index (χ2n) is 4.58. The summed E-state index contributed by atoms with van der Waals surface area (Å²) in [5, 5.41) is 21.5. The molecule has 22 heavy (non-hydrogen) atoms. The molecule has 0 amide bonds. The van der Waals surface area contributed by atoms with Crippen LogP contribution >= 0.6 is 12.2 Å². The van der Waals surface area contributed by atoms with E-state index in [2.05, 4.69) is 34.9 Å². The molecule has 0 aromatic heterocycles. The Kier molecular flexibility index (Phi) is 7.38. The highest BCUT2D eigenvalue weighted by Gasteiger charge is 2.07. The highest BCUT2D eigenvalue weighted by Crippen LogP contribution is 2.19. The van der Waals surface area contributed by atoms with E-state index in [0.29, 0.717) is 25.9 Å². The minimum atomic E-state index is 0.115. The highest BCUT2D eigenvalue weighted by molar-refractivity contribution is 7.80. The standard InChI is InChI=1S/C15H18N6S/c1-12-10-14(21(8-2-6-16)9-3-7-17)5-4-13(12)11-19-20-15(18)22/h4-5,10-11H,2-3,8-9H2,1H3,(H3,18,20,22)/b19-11-. The van der Waals surface area contributed by atoms with Crippen molar-refractivity contribution in [2.75, 3.05) is 18.0 Å². The lowest BCUT2D eigenvalue weighted by molar-refractivity contribution is 0.796. The molecular weight excluding hydrogens is 296 g/mol. The van der Waals surface area contributed by atoms with Crippen LogP contribution in [0.5, 0.6) is 0 Å². The maximum Gasteiger partial charge on any atom is 0.184 e. The third-order valence-corrected chi connectivity index (χ3v) is 3.08. The van der Waals surface area contributed by atoms with Crippen molar-refractivity contribution >= 4 is 29.2 Å². The highest BCUT2D eigenvalue weighted by atomic mass is 32.1. The number of anilines is 1. The van der Waals surface area contributed by atoms with E-state index in [-0.39, 0.29) is 5.11 Å². The summed E-state index contributed by atoms with van der Waals surface area (Å²) in [7, 11) is 0. The molecule has 1 aromatic carbocycles. The van der Waals surface area contributed by atoms with Crippen LogP contribution < -0.4 is 16.1 Å². The molecule has 0 saturated carbocycles. The lowest BCUT2D eigenvalue weighted by Gasteiger charge is -2.23. The minimum Gasteiger partial charge on any atom is -0.375 e. The predicted molar refractivity (Wildman–Crippen MR) is 91.4 cm³/mol. The topological polar surface area (TPSA) is 101 Å². The average molecular weight is 314 g/mol. The Morgan fingerprint density at radius 2 is 2.00 bits per heavy atom. The summed E-state index contributed by atoms with van der Waals surface area (Å²) in [6.45, 7) is 3.18. The normalized spacial score (nSPS) is 9.95. The van der Waals surface area contributed by atoms with Crippen molar-refractivity contribution in [1.29, 1.82) is 10.5 Å². The molecule has 6 nitrogen and oxygen atoms in total. The van der Waals surface area contributed by atoms with Crippen molar-refractivity contribution in [3.8, 4) is 12.1 Å². The molecule has 0 unspecified atom stereocenters. The summed E-state index contributed by atoms with van der Waals surface area (Å²) in [5.41, 5.74) is 10.8. The molecule has 0 bridgehead atoms. The summed E-state index contributed by atoms with van der Waals surface area (Å²) in [6.07, 6.45) is 2.49. The molecule has 3 N–H and O–H groups in total. The van der Waals surface area contributed by atoms with E-state index in [0.717, 1.165) is 16.8 Å². The summed E-state index contributed by atoms with van der Waals surface area (Å²) >= 11 is 4.67. The van der Waals surface area contributed by atoms with Gasteiger partial charge in [0.15, 0.2) is 5.11 Å². The molecule has 0 saturated heterocycles. The van der Waals surface area contributed by atoms with Crippen molar-refractivity contribution in [1.82, 2.24) is 5.43 Å². The molecule has 0 atom stereocenters. The van der Waals surface area contributed by atoms with Gasteiger partial charge >= 0.3 is 0 Å². The number of hydrogen-bond donors (Lipinski definition) is 2. The number of thiocarbonyl (C=S) groups is 1. The molecular formula is C15H18N6S. The summed E-state index contributed by atoms with van der Waals surface area (Å²) in [6, 6.07) is 10.2. The second kappa shape index (κ2) is 9.32. The Morgan fingerprint density at radius 1 is 1.36 bits per heavy atom. The molecule has 114 valence electrons. The molecule has 1 rings (SSSR count). The molecule has 0 aliphatic heterocycles. The van der Waals surface area contributed by atoms with Gasteiger partial charge in [0.05, 0.1) is 31.2 Å². The summed E-state index contributed by atoms with van der Waals surface area (Å²) in [5.74, 6) is 0. The quantitative estimate of drug-likeness (QED) is 0.452. The lowest BCUT2D eigenvalue weighted by Crippen LogP contribution is -2.25. The van der Waals surface area contributed by atoms with Crippen LogP contribution in [-0.2, 0) is 0 Å². The van der Waals surface area contributed by atoms with Crippen LogP contribution in [0.4, 0.5) is 5.69 Å². The fraction of sp³-hybridized carbons (Fsp3) is 0.333. The van der Waals surface area contributed by atoms with Gasteiger partial charge in [0.1, 0.15) is 0 Å². The predicted octanol–water partition coefficient (Wildman–Crippen LogP) is 1.80. The Morgan fingerprint density at radius 3 is 2.50 bits per heavy atom. The van der Waals surface area contributed by atoms with Gasteiger partial charge in [-0.1, -0.05) is 6.07 Å². The maximum atomic E-state index is 8.74. The van der Waals surface area contributed by atoms with Crippen molar-refractivity contribution in [2.24, 2.45) is 10.8 Å². The van der Waals surface area contributed by atoms with E-state index < -0.39 is 0 Å². The monoisotopic (exact) mass is 314 g/mol.